The van der Waals surface area contributed by atoms with E-state index in [4.69, 9.17) is 0 Å². The number of hydrogen-bond acceptors (Lipinski definition) is 3. The highest BCUT2D eigenvalue weighted by Crippen LogP contribution is 2.10. The first kappa shape index (κ1) is 12.9. The quantitative estimate of drug-likeness (QED) is 0.694. The van der Waals surface area contributed by atoms with Gasteiger partial charge >= 0.3 is 0 Å². The third-order valence-corrected chi connectivity index (χ3v) is 3.18. The molecule has 0 aromatic carbocycles. The summed E-state index contributed by atoms with van der Waals surface area (Å²) in [5.74, 6) is 0.285. The van der Waals surface area contributed by atoms with Crippen LogP contribution in [0.1, 0.15) is 27.2 Å². The molecular formula is C9H21NO2S. The summed E-state index contributed by atoms with van der Waals surface area (Å²) < 4.78 is 21.7. The summed E-state index contributed by atoms with van der Waals surface area (Å²) >= 11 is 0. The largest absolute Gasteiger partial charge is 0.301 e. The predicted octanol–water partition coefficient (Wildman–Crippen LogP) is 1.15. The van der Waals surface area contributed by atoms with Gasteiger partial charge in [0.15, 0.2) is 0 Å². The van der Waals surface area contributed by atoms with E-state index in [1.165, 1.54) is 6.26 Å². The Labute approximate surface area is 82.0 Å². The van der Waals surface area contributed by atoms with Crippen molar-refractivity contribution in [2.24, 2.45) is 0 Å². The van der Waals surface area contributed by atoms with Crippen molar-refractivity contribution >= 4 is 9.84 Å². The van der Waals surface area contributed by atoms with Gasteiger partial charge in [-0.05, 0) is 40.8 Å². The van der Waals surface area contributed by atoms with E-state index >= 15 is 0 Å². The minimum atomic E-state index is -2.79. The van der Waals surface area contributed by atoms with E-state index in [1.54, 1.807) is 0 Å². The lowest BCUT2D eigenvalue weighted by Crippen LogP contribution is -2.39. The van der Waals surface area contributed by atoms with Gasteiger partial charge < -0.3 is 4.90 Å². The Hall–Kier alpha value is -0.0900. The maximum atomic E-state index is 10.8. The molecule has 0 aliphatic rings. The standard InChI is InChI=1S/C9H21NO2S/c1-9(2,3)10(4)7-6-8-13(5,11)12/h6-8H2,1-5H3. The van der Waals surface area contributed by atoms with E-state index in [0.717, 1.165) is 6.54 Å². The van der Waals surface area contributed by atoms with Crippen LogP contribution in [0.2, 0.25) is 0 Å². The number of nitrogens with zero attached hydrogens (tertiary/aromatic N) is 1. The maximum absolute atomic E-state index is 10.8. The maximum Gasteiger partial charge on any atom is 0.147 e. The van der Waals surface area contributed by atoms with Gasteiger partial charge in [-0.2, -0.15) is 0 Å². The van der Waals surface area contributed by atoms with Crippen LogP contribution in [0.15, 0.2) is 0 Å². The molecule has 0 unspecified atom stereocenters. The van der Waals surface area contributed by atoms with Gasteiger partial charge in [0.25, 0.3) is 0 Å². The van der Waals surface area contributed by atoms with Crippen LogP contribution in [-0.2, 0) is 9.84 Å². The molecule has 0 rings (SSSR count). The van der Waals surface area contributed by atoms with Crippen LogP contribution in [0.3, 0.4) is 0 Å². The van der Waals surface area contributed by atoms with Crippen molar-refractivity contribution < 1.29 is 8.42 Å². The fourth-order valence-corrected chi connectivity index (χ4v) is 1.55. The molecule has 0 N–H and O–H groups in total. The van der Waals surface area contributed by atoms with Crippen molar-refractivity contribution in [1.82, 2.24) is 4.90 Å². The second-order valence-electron chi connectivity index (χ2n) is 4.58. The first-order valence-electron chi connectivity index (χ1n) is 4.52. The third kappa shape index (κ3) is 7.02. The Bertz CT molecular complexity index is 239. The molecule has 0 bridgehead atoms. The summed E-state index contributed by atoms with van der Waals surface area (Å²) in [6, 6.07) is 0. The van der Waals surface area contributed by atoms with Gasteiger partial charge in [-0.15, -0.1) is 0 Å². The zero-order valence-electron chi connectivity index (χ0n) is 9.29. The van der Waals surface area contributed by atoms with Crippen molar-refractivity contribution in [3.05, 3.63) is 0 Å². The van der Waals surface area contributed by atoms with Gasteiger partial charge in [-0.3, -0.25) is 0 Å². The van der Waals surface area contributed by atoms with Crippen LogP contribution in [-0.4, -0.2) is 44.5 Å². The van der Waals surface area contributed by atoms with Crippen molar-refractivity contribution in [1.29, 1.82) is 0 Å². The van der Waals surface area contributed by atoms with Crippen LogP contribution in [0.5, 0.6) is 0 Å². The van der Waals surface area contributed by atoms with Crippen LogP contribution in [0.4, 0.5) is 0 Å². The Morgan fingerprint density at radius 2 is 1.69 bits per heavy atom. The summed E-state index contributed by atoms with van der Waals surface area (Å²) in [5.41, 5.74) is 0.123. The third-order valence-electron chi connectivity index (χ3n) is 2.15. The highest BCUT2D eigenvalue weighted by atomic mass is 32.2. The Balaban J connectivity index is 3.80. The van der Waals surface area contributed by atoms with E-state index in [-0.39, 0.29) is 11.3 Å². The molecule has 0 fully saturated rings. The minimum absolute atomic E-state index is 0.123. The molecule has 0 saturated heterocycles. The lowest BCUT2D eigenvalue weighted by Gasteiger charge is -2.31. The van der Waals surface area contributed by atoms with Crippen LogP contribution in [0.25, 0.3) is 0 Å². The van der Waals surface area contributed by atoms with E-state index in [9.17, 15) is 8.42 Å². The number of sulfone groups is 1. The van der Waals surface area contributed by atoms with Gasteiger partial charge in [0.1, 0.15) is 9.84 Å². The molecule has 0 amide bonds. The molecule has 80 valence electrons. The average molecular weight is 207 g/mol. The van der Waals surface area contributed by atoms with Crippen molar-refractivity contribution in [2.45, 2.75) is 32.7 Å². The second-order valence-corrected chi connectivity index (χ2v) is 6.84. The molecule has 0 aliphatic carbocycles. The monoisotopic (exact) mass is 207 g/mol. The molecule has 0 aromatic rings. The van der Waals surface area contributed by atoms with Crippen molar-refractivity contribution in [3.63, 3.8) is 0 Å². The number of rotatable bonds is 4. The molecular weight excluding hydrogens is 186 g/mol. The van der Waals surface area contributed by atoms with Crippen LogP contribution < -0.4 is 0 Å². The van der Waals surface area contributed by atoms with E-state index in [0.29, 0.717) is 6.42 Å². The van der Waals surface area contributed by atoms with Crippen LogP contribution >= 0.6 is 0 Å². The molecule has 0 atom stereocenters. The van der Waals surface area contributed by atoms with E-state index < -0.39 is 9.84 Å². The molecule has 4 heteroatoms. The first-order chi connectivity index (χ1) is 5.63. The molecule has 0 spiro atoms. The summed E-state index contributed by atoms with van der Waals surface area (Å²) in [4.78, 5) is 2.16. The van der Waals surface area contributed by atoms with Gasteiger partial charge in [0, 0.05) is 11.8 Å². The highest BCUT2D eigenvalue weighted by molar-refractivity contribution is 7.90. The first-order valence-corrected chi connectivity index (χ1v) is 6.58. The van der Waals surface area contributed by atoms with Gasteiger partial charge in [-0.25, -0.2) is 8.42 Å². The predicted molar refractivity (Wildman–Crippen MR) is 56.7 cm³/mol. The summed E-state index contributed by atoms with van der Waals surface area (Å²) in [6.45, 7) is 7.19. The Morgan fingerprint density at radius 3 is 2.00 bits per heavy atom. The molecule has 0 radical (unpaired) electrons. The second kappa shape index (κ2) is 4.42. The van der Waals surface area contributed by atoms with Crippen molar-refractivity contribution in [2.75, 3.05) is 25.6 Å². The minimum Gasteiger partial charge on any atom is -0.301 e. The zero-order chi connectivity index (χ0) is 10.7. The fraction of sp³-hybridized carbons (Fsp3) is 1.00. The van der Waals surface area contributed by atoms with Gasteiger partial charge in [0.05, 0.1) is 5.75 Å². The van der Waals surface area contributed by atoms with Gasteiger partial charge in [-0.1, -0.05) is 0 Å². The lowest BCUT2D eigenvalue weighted by atomic mass is 10.1. The average Bonchev–Trinajstić information content (AvgIpc) is 1.82. The highest BCUT2D eigenvalue weighted by Gasteiger charge is 2.16. The normalized spacial score (nSPS) is 13.7. The Kier molecular flexibility index (Phi) is 4.39. The molecule has 0 heterocycles. The molecule has 0 aliphatic heterocycles. The fourth-order valence-electron chi connectivity index (χ4n) is 0.899. The smallest absolute Gasteiger partial charge is 0.147 e. The molecule has 0 saturated carbocycles. The van der Waals surface area contributed by atoms with E-state index in [1.807, 2.05) is 7.05 Å². The lowest BCUT2D eigenvalue weighted by molar-refractivity contribution is 0.176. The van der Waals surface area contributed by atoms with E-state index in [2.05, 4.69) is 25.7 Å². The van der Waals surface area contributed by atoms with Crippen molar-refractivity contribution in [3.8, 4) is 0 Å². The number of hydrogen-bond donors (Lipinski definition) is 0. The Morgan fingerprint density at radius 1 is 1.23 bits per heavy atom. The molecule has 3 nitrogen and oxygen atoms in total. The zero-order valence-corrected chi connectivity index (χ0v) is 10.1. The molecule has 0 aromatic heterocycles. The summed E-state index contributed by atoms with van der Waals surface area (Å²) in [5, 5.41) is 0. The topological polar surface area (TPSA) is 37.4 Å². The SMILES string of the molecule is CN(CCCS(C)(=O)=O)C(C)(C)C. The summed E-state index contributed by atoms with van der Waals surface area (Å²) in [6.07, 6.45) is 2.00. The molecule has 13 heavy (non-hydrogen) atoms. The van der Waals surface area contributed by atoms with Crippen LogP contribution in [0, 0.1) is 0 Å². The summed E-state index contributed by atoms with van der Waals surface area (Å²) in [7, 11) is -0.776. The van der Waals surface area contributed by atoms with Gasteiger partial charge in [0.2, 0.25) is 0 Å².